The third-order valence-electron chi connectivity index (χ3n) is 4.33. The topological polar surface area (TPSA) is 38.8 Å². The van der Waals surface area contributed by atoms with Crippen LogP contribution in [0.15, 0.2) is 48.5 Å². The van der Waals surface area contributed by atoms with Crippen LogP contribution in [0.25, 0.3) is 0 Å². The van der Waals surface area contributed by atoms with E-state index in [2.05, 4.69) is 4.74 Å². The molecule has 1 aliphatic heterocycles. The van der Waals surface area contributed by atoms with Crippen molar-refractivity contribution >= 4 is 5.91 Å². The molecule has 1 aliphatic rings. The lowest BCUT2D eigenvalue weighted by molar-refractivity contribution is -0.274. The van der Waals surface area contributed by atoms with Crippen LogP contribution in [0.4, 0.5) is 13.2 Å². The maximum Gasteiger partial charge on any atom is 0.573 e. The van der Waals surface area contributed by atoms with Gasteiger partial charge in [0.15, 0.2) is 0 Å². The fraction of sp³-hybridized carbons (Fsp3) is 0.316. The molecular weight excluding hydrogens is 347 g/mol. The quantitative estimate of drug-likeness (QED) is 0.797. The van der Waals surface area contributed by atoms with Gasteiger partial charge in [-0.3, -0.25) is 4.79 Å². The van der Waals surface area contributed by atoms with Crippen molar-refractivity contribution in [3.8, 4) is 11.5 Å². The summed E-state index contributed by atoms with van der Waals surface area (Å²) in [5, 5.41) is 0. The van der Waals surface area contributed by atoms with Crippen molar-refractivity contribution < 1.29 is 27.4 Å². The molecule has 1 saturated heterocycles. The molecule has 7 heteroatoms. The van der Waals surface area contributed by atoms with Gasteiger partial charge < -0.3 is 14.4 Å². The predicted octanol–water partition coefficient (Wildman–Crippen LogP) is 4.57. The van der Waals surface area contributed by atoms with Crippen LogP contribution in [0.5, 0.6) is 11.5 Å². The maximum absolute atomic E-state index is 12.8. The van der Waals surface area contributed by atoms with Gasteiger partial charge >= 0.3 is 6.36 Å². The fourth-order valence-corrected chi connectivity index (χ4v) is 3.17. The molecule has 1 heterocycles. The smallest absolute Gasteiger partial charge is 0.497 e. The molecule has 0 N–H and O–H groups in total. The molecule has 0 aliphatic carbocycles. The number of benzene rings is 2. The number of likely N-dealkylation sites (tertiary alicyclic amines) is 1. The number of amides is 1. The van der Waals surface area contributed by atoms with Crippen molar-refractivity contribution in [2.45, 2.75) is 25.2 Å². The number of carbonyl (C=O) groups excluding carboxylic acids is 1. The molecule has 0 saturated carbocycles. The minimum atomic E-state index is -4.75. The summed E-state index contributed by atoms with van der Waals surface area (Å²) < 4.78 is 45.8. The molecule has 4 nitrogen and oxygen atoms in total. The van der Waals surface area contributed by atoms with Crippen LogP contribution in [-0.4, -0.2) is 30.8 Å². The molecule has 0 spiro atoms. The fourth-order valence-electron chi connectivity index (χ4n) is 3.17. The largest absolute Gasteiger partial charge is 0.573 e. The van der Waals surface area contributed by atoms with E-state index in [1.807, 2.05) is 24.3 Å². The van der Waals surface area contributed by atoms with E-state index in [-0.39, 0.29) is 17.7 Å². The number of hydrogen-bond donors (Lipinski definition) is 0. The monoisotopic (exact) mass is 365 g/mol. The number of carbonyl (C=O) groups is 1. The highest BCUT2D eigenvalue weighted by molar-refractivity contribution is 5.94. The zero-order valence-electron chi connectivity index (χ0n) is 14.1. The number of hydrogen-bond acceptors (Lipinski definition) is 3. The highest BCUT2D eigenvalue weighted by Gasteiger charge is 2.32. The lowest BCUT2D eigenvalue weighted by Gasteiger charge is -2.25. The highest BCUT2D eigenvalue weighted by Crippen LogP contribution is 2.34. The Bertz CT molecular complexity index is 774. The van der Waals surface area contributed by atoms with Gasteiger partial charge in [0.25, 0.3) is 5.91 Å². The first-order valence-electron chi connectivity index (χ1n) is 8.18. The minimum absolute atomic E-state index is 0.0799. The van der Waals surface area contributed by atoms with Crippen molar-refractivity contribution in [1.29, 1.82) is 0 Å². The van der Waals surface area contributed by atoms with Gasteiger partial charge in [0.2, 0.25) is 0 Å². The summed E-state index contributed by atoms with van der Waals surface area (Å²) in [4.78, 5) is 14.6. The minimum Gasteiger partial charge on any atom is -0.497 e. The zero-order valence-corrected chi connectivity index (χ0v) is 14.1. The molecule has 0 bridgehead atoms. The summed E-state index contributed by atoms with van der Waals surface area (Å²) in [5.74, 6) is 0.157. The average Bonchev–Trinajstić information content (AvgIpc) is 3.10. The first-order valence-corrected chi connectivity index (χ1v) is 8.18. The summed E-state index contributed by atoms with van der Waals surface area (Å²) >= 11 is 0. The number of halogens is 3. The van der Waals surface area contributed by atoms with Crippen LogP contribution < -0.4 is 9.47 Å². The van der Waals surface area contributed by atoms with Crippen molar-refractivity contribution in [2.24, 2.45) is 0 Å². The van der Waals surface area contributed by atoms with Crippen LogP contribution in [0.1, 0.15) is 34.8 Å². The van der Waals surface area contributed by atoms with E-state index in [1.165, 1.54) is 12.1 Å². The first-order chi connectivity index (χ1) is 12.4. The third-order valence-corrected chi connectivity index (χ3v) is 4.33. The van der Waals surface area contributed by atoms with Crippen molar-refractivity contribution in [2.75, 3.05) is 13.7 Å². The van der Waals surface area contributed by atoms with E-state index in [4.69, 9.17) is 4.74 Å². The van der Waals surface area contributed by atoms with E-state index >= 15 is 0 Å². The van der Waals surface area contributed by atoms with Gasteiger partial charge in [-0.1, -0.05) is 12.1 Å². The molecule has 1 atom stereocenters. The summed E-state index contributed by atoms with van der Waals surface area (Å²) in [6.07, 6.45) is -3.06. The second kappa shape index (κ2) is 7.27. The molecule has 26 heavy (non-hydrogen) atoms. The van der Waals surface area contributed by atoms with Gasteiger partial charge in [0.05, 0.1) is 13.2 Å². The summed E-state index contributed by atoms with van der Waals surface area (Å²) in [7, 11) is 1.58. The number of rotatable bonds is 4. The van der Waals surface area contributed by atoms with Crippen LogP contribution in [-0.2, 0) is 0 Å². The molecule has 0 radical (unpaired) electrons. The van der Waals surface area contributed by atoms with Gasteiger partial charge in [-0.2, -0.15) is 0 Å². The SMILES string of the molecule is COc1cccc(C2CCCN2C(=O)c2ccc(OC(F)(F)F)cc2)c1. The maximum atomic E-state index is 12.8. The summed E-state index contributed by atoms with van der Waals surface area (Å²) in [6.45, 7) is 0.599. The van der Waals surface area contributed by atoms with E-state index in [9.17, 15) is 18.0 Å². The number of methoxy groups -OCH3 is 1. The lowest BCUT2D eigenvalue weighted by atomic mass is 10.0. The molecule has 3 rings (SSSR count). The normalized spacial score (nSPS) is 17.2. The number of nitrogens with zero attached hydrogens (tertiary/aromatic N) is 1. The highest BCUT2D eigenvalue weighted by atomic mass is 19.4. The van der Waals surface area contributed by atoms with E-state index in [1.54, 1.807) is 12.0 Å². The molecule has 1 amide bonds. The molecule has 1 unspecified atom stereocenters. The molecular formula is C19H18F3NO3. The summed E-state index contributed by atoms with van der Waals surface area (Å²) in [6, 6.07) is 12.5. The van der Waals surface area contributed by atoms with E-state index < -0.39 is 6.36 Å². The Labute approximate surface area is 149 Å². The molecule has 138 valence electrons. The van der Waals surface area contributed by atoms with Gasteiger partial charge in [0, 0.05) is 12.1 Å². The average molecular weight is 365 g/mol. The Morgan fingerprint density at radius 1 is 1.12 bits per heavy atom. The molecule has 0 aromatic heterocycles. The van der Waals surface area contributed by atoms with Crippen LogP contribution in [0, 0.1) is 0 Å². The summed E-state index contributed by atoms with van der Waals surface area (Å²) in [5.41, 5.74) is 1.31. The zero-order chi connectivity index (χ0) is 18.7. The molecule has 1 fully saturated rings. The van der Waals surface area contributed by atoms with Crippen LogP contribution in [0.3, 0.4) is 0 Å². The van der Waals surface area contributed by atoms with Crippen molar-refractivity contribution in [3.05, 3.63) is 59.7 Å². The number of alkyl halides is 3. The Hall–Kier alpha value is -2.70. The third kappa shape index (κ3) is 4.09. The molecule has 2 aromatic carbocycles. The Kier molecular flexibility index (Phi) is 5.06. The van der Waals surface area contributed by atoms with Gasteiger partial charge in [-0.25, -0.2) is 0 Å². The van der Waals surface area contributed by atoms with Gasteiger partial charge in [-0.15, -0.1) is 13.2 Å². The lowest BCUT2D eigenvalue weighted by Crippen LogP contribution is -2.30. The van der Waals surface area contributed by atoms with Crippen LogP contribution in [0.2, 0.25) is 0 Å². The first kappa shape index (κ1) is 18.1. The second-order valence-corrected chi connectivity index (χ2v) is 6.01. The van der Waals surface area contributed by atoms with Crippen molar-refractivity contribution in [3.63, 3.8) is 0 Å². The van der Waals surface area contributed by atoms with Crippen molar-refractivity contribution in [1.82, 2.24) is 4.90 Å². The Morgan fingerprint density at radius 3 is 2.50 bits per heavy atom. The van der Waals surface area contributed by atoms with Gasteiger partial charge in [0.1, 0.15) is 11.5 Å². The predicted molar refractivity (Wildman–Crippen MR) is 89.1 cm³/mol. The standard InChI is InChI=1S/C19H18F3NO3/c1-25-16-5-2-4-14(12-16)17-6-3-11-23(17)18(24)13-7-9-15(10-8-13)26-19(20,21)22/h2,4-5,7-10,12,17H,3,6,11H2,1H3. The Balaban J connectivity index is 1.77. The van der Waals surface area contributed by atoms with Gasteiger partial charge in [-0.05, 0) is 54.8 Å². The van der Waals surface area contributed by atoms with E-state index in [0.717, 1.165) is 36.3 Å². The van der Waals surface area contributed by atoms with Crippen LogP contribution >= 0.6 is 0 Å². The Morgan fingerprint density at radius 2 is 1.85 bits per heavy atom. The molecule has 2 aromatic rings. The van der Waals surface area contributed by atoms with E-state index in [0.29, 0.717) is 12.1 Å². The number of ether oxygens (including phenoxy) is 2. The second-order valence-electron chi connectivity index (χ2n) is 6.01.